The number of fused-ring (bicyclic) bond motifs is 1. The molecule has 0 spiro atoms. The molecule has 0 unspecified atom stereocenters. The first-order chi connectivity index (χ1) is 8.81. The van der Waals surface area contributed by atoms with Crippen molar-refractivity contribution in [3.8, 4) is 11.5 Å². The average molecular weight is 239 g/mol. The summed E-state index contributed by atoms with van der Waals surface area (Å²) in [4.78, 5) is 0. The van der Waals surface area contributed by atoms with E-state index in [9.17, 15) is 0 Å². The van der Waals surface area contributed by atoms with Crippen LogP contribution >= 0.6 is 0 Å². The Balaban J connectivity index is 1.85. The summed E-state index contributed by atoms with van der Waals surface area (Å²) in [5, 5.41) is 0. The number of rotatable bonds is 2. The number of benzene rings is 2. The second kappa shape index (κ2) is 4.73. The lowest BCUT2D eigenvalue weighted by atomic mass is 9.92. The Bertz CT molecular complexity index is 563. The molecule has 2 nitrogen and oxygen atoms in total. The van der Waals surface area contributed by atoms with Crippen LogP contribution in [0.4, 0.5) is 5.69 Å². The van der Waals surface area contributed by atoms with Gasteiger partial charge < -0.3 is 10.5 Å². The number of nitrogen functional groups attached to an aromatic ring is 1. The van der Waals surface area contributed by atoms with E-state index in [-0.39, 0.29) is 0 Å². The van der Waals surface area contributed by atoms with Crippen molar-refractivity contribution in [2.75, 3.05) is 5.73 Å². The molecule has 0 radical (unpaired) electrons. The monoisotopic (exact) mass is 239 g/mol. The van der Waals surface area contributed by atoms with Gasteiger partial charge in [-0.3, -0.25) is 0 Å². The summed E-state index contributed by atoms with van der Waals surface area (Å²) in [6.45, 7) is 0. The second-order valence-corrected chi connectivity index (χ2v) is 4.81. The fourth-order valence-corrected chi connectivity index (χ4v) is 2.49. The maximum absolute atomic E-state index is 5.85. The zero-order valence-corrected chi connectivity index (χ0v) is 10.4. The van der Waals surface area contributed by atoms with Gasteiger partial charge in [0.2, 0.25) is 0 Å². The predicted octanol–water partition coefficient (Wildman–Crippen LogP) is 3.94. The molecule has 92 valence electrons. The van der Waals surface area contributed by atoms with Crippen molar-refractivity contribution in [2.24, 2.45) is 0 Å². The molecule has 2 N–H and O–H groups in total. The van der Waals surface area contributed by atoms with Gasteiger partial charge in [-0.2, -0.15) is 0 Å². The average Bonchev–Trinajstić information content (AvgIpc) is 2.39. The van der Waals surface area contributed by atoms with Crippen LogP contribution in [-0.2, 0) is 12.8 Å². The SMILES string of the molecule is Nc1cccc(Oc2ccc3c(c2)CCCC3)c1. The standard InChI is InChI=1S/C16H17NO/c17-14-6-3-7-15(11-14)18-16-9-8-12-4-1-2-5-13(12)10-16/h3,6-11H,1-2,4-5,17H2. The second-order valence-electron chi connectivity index (χ2n) is 4.81. The van der Waals surface area contributed by atoms with E-state index < -0.39 is 0 Å². The molecule has 0 fully saturated rings. The minimum absolute atomic E-state index is 0.727. The molecule has 2 aromatic carbocycles. The zero-order chi connectivity index (χ0) is 12.4. The molecule has 0 aromatic heterocycles. The van der Waals surface area contributed by atoms with Crippen LogP contribution in [0.25, 0.3) is 0 Å². The van der Waals surface area contributed by atoms with Crippen LogP contribution in [0.5, 0.6) is 11.5 Å². The summed E-state index contributed by atoms with van der Waals surface area (Å²) < 4.78 is 5.85. The van der Waals surface area contributed by atoms with Crippen LogP contribution in [0.15, 0.2) is 42.5 Å². The van der Waals surface area contributed by atoms with Crippen molar-refractivity contribution in [1.29, 1.82) is 0 Å². The topological polar surface area (TPSA) is 35.2 Å². The van der Waals surface area contributed by atoms with Gasteiger partial charge in [-0.1, -0.05) is 12.1 Å². The van der Waals surface area contributed by atoms with E-state index in [0.717, 1.165) is 17.2 Å². The predicted molar refractivity (Wildman–Crippen MR) is 74.0 cm³/mol. The lowest BCUT2D eigenvalue weighted by Crippen LogP contribution is -2.02. The summed E-state index contributed by atoms with van der Waals surface area (Å²) in [5.41, 5.74) is 9.38. The van der Waals surface area contributed by atoms with Gasteiger partial charge in [0, 0.05) is 11.8 Å². The van der Waals surface area contributed by atoms with Crippen molar-refractivity contribution in [3.63, 3.8) is 0 Å². The third kappa shape index (κ3) is 2.33. The normalized spacial score (nSPS) is 14.0. The molecule has 1 aliphatic carbocycles. The first-order valence-electron chi connectivity index (χ1n) is 6.46. The van der Waals surface area contributed by atoms with Crippen LogP contribution in [0.2, 0.25) is 0 Å². The van der Waals surface area contributed by atoms with Gasteiger partial charge in [-0.25, -0.2) is 0 Å². The Morgan fingerprint density at radius 2 is 1.61 bits per heavy atom. The first kappa shape index (κ1) is 11.1. The van der Waals surface area contributed by atoms with Crippen LogP contribution in [0.1, 0.15) is 24.0 Å². The summed E-state index contributed by atoms with van der Waals surface area (Å²) in [7, 11) is 0. The Labute approximate surface area is 107 Å². The molecule has 0 aliphatic heterocycles. The highest BCUT2D eigenvalue weighted by Crippen LogP contribution is 2.28. The van der Waals surface area contributed by atoms with Gasteiger partial charge in [-0.15, -0.1) is 0 Å². The Kier molecular flexibility index (Phi) is 2.93. The van der Waals surface area contributed by atoms with E-state index >= 15 is 0 Å². The van der Waals surface area contributed by atoms with E-state index in [1.807, 2.05) is 30.3 Å². The number of nitrogens with two attached hydrogens (primary N) is 1. The maximum Gasteiger partial charge on any atom is 0.129 e. The number of aryl methyl sites for hydroxylation is 2. The van der Waals surface area contributed by atoms with Crippen molar-refractivity contribution in [3.05, 3.63) is 53.6 Å². The van der Waals surface area contributed by atoms with Crippen molar-refractivity contribution < 1.29 is 4.74 Å². The summed E-state index contributed by atoms with van der Waals surface area (Å²) >= 11 is 0. The molecule has 3 rings (SSSR count). The largest absolute Gasteiger partial charge is 0.457 e. The van der Waals surface area contributed by atoms with Crippen LogP contribution in [0.3, 0.4) is 0 Å². The zero-order valence-electron chi connectivity index (χ0n) is 10.4. The number of anilines is 1. The minimum Gasteiger partial charge on any atom is -0.457 e. The summed E-state index contributed by atoms with van der Waals surface area (Å²) in [5.74, 6) is 1.70. The molecular weight excluding hydrogens is 222 g/mol. The quantitative estimate of drug-likeness (QED) is 0.806. The van der Waals surface area contributed by atoms with Gasteiger partial charge in [0.05, 0.1) is 0 Å². The third-order valence-electron chi connectivity index (χ3n) is 3.41. The summed E-state index contributed by atoms with van der Waals surface area (Å²) in [6.07, 6.45) is 4.97. The molecule has 0 heterocycles. The molecule has 18 heavy (non-hydrogen) atoms. The highest BCUT2D eigenvalue weighted by Gasteiger charge is 2.10. The van der Waals surface area contributed by atoms with Gasteiger partial charge in [-0.05, 0) is 61.1 Å². The van der Waals surface area contributed by atoms with Gasteiger partial charge in [0.1, 0.15) is 11.5 Å². The van der Waals surface area contributed by atoms with E-state index in [4.69, 9.17) is 10.5 Å². The maximum atomic E-state index is 5.85. The first-order valence-corrected chi connectivity index (χ1v) is 6.46. The highest BCUT2D eigenvalue weighted by atomic mass is 16.5. The van der Waals surface area contributed by atoms with Crippen LogP contribution in [-0.4, -0.2) is 0 Å². The molecule has 0 bridgehead atoms. The minimum atomic E-state index is 0.727. The fourth-order valence-electron chi connectivity index (χ4n) is 2.49. The van der Waals surface area contributed by atoms with Crippen LogP contribution < -0.4 is 10.5 Å². The lowest BCUT2D eigenvalue weighted by Gasteiger charge is -2.16. The Hall–Kier alpha value is -1.96. The molecule has 1 aliphatic rings. The smallest absolute Gasteiger partial charge is 0.129 e. The van der Waals surface area contributed by atoms with E-state index in [1.54, 1.807) is 0 Å². The van der Waals surface area contributed by atoms with Gasteiger partial charge >= 0.3 is 0 Å². The van der Waals surface area contributed by atoms with Crippen molar-refractivity contribution >= 4 is 5.69 Å². The molecule has 0 amide bonds. The Morgan fingerprint density at radius 1 is 0.833 bits per heavy atom. The molecular formula is C16H17NO. The molecule has 0 saturated carbocycles. The number of hydrogen-bond acceptors (Lipinski definition) is 2. The number of ether oxygens (including phenoxy) is 1. The Morgan fingerprint density at radius 3 is 2.44 bits per heavy atom. The molecule has 0 atom stereocenters. The van der Waals surface area contributed by atoms with E-state index in [0.29, 0.717) is 0 Å². The summed E-state index contributed by atoms with van der Waals surface area (Å²) in [6, 6.07) is 13.9. The van der Waals surface area contributed by atoms with Gasteiger partial charge in [0.15, 0.2) is 0 Å². The van der Waals surface area contributed by atoms with Crippen molar-refractivity contribution in [2.45, 2.75) is 25.7 Å². The fraction of sp³-hybridized carbons (Fsp3) is 0.250. The van der Waals surface area contributed by atoms with E-state index in [1.165, 1.54) is 36.8 Å². The molecule has 0 saturated heterocycles. The lowest BCUT2D eigenvalue weighted by molar-refractivity contribution is 0.481. The van der Waals surface area contributed by atoms with E-state index in [2.05, 4.69) is 12.1 Å². The molecule has 2 aromatic rings. The highest BCUT2D eigenvalue weighted by molar-refractivity contribution is 5.46. The third-order valence-corrected chi connectivity index (χ3v) is 3.41. The van der Waals surface area contributed by atoms with Crippen molar-refractivity contribution in [1.82, 2.24) is 0 Å². The van der Waals surface area contributed by atoms with Gasteiger partial charge in [0.25, 0.3) is 0 Å². The van der Waals surface area contributed by atoms with Crippen LogP contribution in [0, 0.1) is 0 Å². The molecule has 2 heteroatoms. The number of hydrogen-bond donors (Lipinski definition) is 1.